The lowest BCUT2D eigenvalue weighted by Gasteiger charge is -2.11. The molecule has 5 nitrogen and oxygen atoms in total. The molecule has 88 valence electrons. The van der Waals surface area contributed by atoms with Crippen molar-refractivity contribution in [3.63, 3.8) is 0 Å². The van der Waals surface area contributed by atoms with Crippen LogP contribution in [0.4, 0.5) is 4.79 Å². The van der Waals surface area contributed by atoms with Gasteiger partial charge in [-0.05, 0) is 24.6 Å². The van der Waals surface area contributed by atoms with Crippen LogP contribution in [-0.2, 0) is 4.74 Å². The fourth-order valence-electron chi connectivity index (χ4n) is 1.73. The zero-order valence-corrected chi connectivity index (χ0v) is 9.27. The lowest BCUT2D eigenvalue weighted by Crippen LogP contribution is -2.15. The smallest absolute Gasteiger partial charge is 0.405 e. The second-order valence-electron chi connectivity index (χ2n) is 3.77. The molecule has 1 atom stereocenters. The Kier molecular flexibility index (Phi) is 2.82. The molecule has 1 aromatic heterocycles. The molecule has 1 unspecified atom stereocenters. The maximum absolute atomic E-state index is 10.6. The Morgan fingerprint density at radius 3 is 2.88 bits per heavy atom. The minimum absolute atomic E-state index is 0.417. The number of aromatic nitrogens is 1. The van der Waals surface area contributed by atoms with E-state index in [1.807, 2.05) is 18.2 Å². The van der Waals surface area contributed by atoms with Gasteiger partial charge in [-0.1, -0.05) is 12.1 Å². The molecule has 0 saturated carbocycles. The zero-order chi connectivity index (χ0) is 12.4. The second kappa shape index (κ2) is 4.29. The molecule has 3 N–H and O–H groups in total. The number of aromatic amines is 1. The first-order valence-electron chi connectivity index (χ1n) is 5.14. The lowest BCUT2D eigenvalue weighted by molar-refractivity contribution is 0.111. The number of ether oxygens (including phenoxy) is 1. The summed E-state index contributed by atoms with van der Waals surface area (Å²) in [6.07, 6.45) is -0.472. The minimum Gasteiger partial charge on any atom is -0.442 e. The summed E-state index contributed by atoms with van der Waals surface area (Å²) >= 11 is 0. The summed E-state index contributed by atoms with van der Waals surface area (Å²) in [7, 11) is 0. The standard InChI is InChI=1S/C12H12N2O3/c1-7(17-12(13)16)8-2-3-9-4-10(6-15)14-11(9)5-8/h2-7,14H,1H3,(H2,13,16). The summed E-state index contributed by atoms with van der Waals surface area (Å²) in [6.45, 7) is 1.73. The number of nitrogens with one attached hydrogen (secondary N) is 1. The molecule has 2 aromatic rings. The molecule has 0 aliphatic carbocycles. The minimum atomic E-state index is -0.808. The van der Waals surface area contributed by atoms with Crippen LogP contribution in [0.15, 0.2) is 24.3 Å². The summed E-state index contributed by atoms with van der Waals surface area (Å²) in [5, 5.41) is 0.933. The summed E-state index contributed by atoms with van der Waals surface area (Å²) < 4.78 is 4.87. The molecule has 1 aromatic carbocycles. The quantitative estimate of drug-likeness (QED) is 0.795. The number of carbonyl (C=O) groups excluding carboxylic acids is 2. The average molecular weight is 232 g/mol. The van der Waals surface area contributed by atoms with E-state index in [1.54, 1.807) is 13.0 Å². The van der Waals surface area contributed by atoms with Gasteiger partial charge in [-0.15, -0.1) is 0 Å². The first kappa shape index (κ1) is 11.2. The van der Waals surface area contributed by atoms with Crippen LogP contribution in [0.1, 0.15) is 29.1 Å². The van der Waals surface area contributed by atoms with Crippen molar-refractivity contribution in [1.29, 1.82) is 0 Å². The van der Waals surface area contributed by atoms with Gasteiger partial charge in [-0.2, -0.15) is 0 Å². The molecule has 0 saturated heterocycles. The highest BCUT2D eigenvalue weighted by Gasteiger charge is 2.10. The monoisotopic (exact) mass is 232 g/mol. The molecule has 0 aliphatic heterocycles. The number of benzene rings is 1. The number of amides is 1. The van der Waals surface area contributed by atoms with E-state index in [0.717, 1.165) is 22.8 Å². The van der Waals surface area contributed by atoms with Crippen molar-refractivity contribution >= 4 is 23.3 Å². The summed E-state index contributed by atoms with van der Waals surface area (Å²) in [4.78, 5) is 24.2. The predicted octanol–water partition coefficient (Wildman–Crippen LogP) is 2.14. The number of hydrogen-bond acceptors (Lipinski definition) is 3. The van der Waals surface area contributed by atoms with Crippen LogP contribution in [0.2, 0.25) is 0 Å². The largest absolute Gasteiger partial charge is 0.442 e. The number of aldehydes is 1. The van der Waals surface area contributed by atoms with Gasteiger partial charge in [-0.3, -0.25) is 4.79 Å². The van der Waals surface area contributed by atoms with Crippen molar-refractivity contribution in [2.75, 3.05) is 0 Å². The molecule has 0 spiro atoms. The number of H-pyrrole nitrogens is 1. The number of primary amides is 1. The van der Waals surface area contributed by atoms with Crippen molar-refractivity contribution in [3.05, 3.63) is 35.5 Å². The van der Waals surface area contributed by atoms with E-state index < -0.39 is 12.2 Å². The van der Waals surface area contributed by atoms with Crippen LogP contribution in [0, 0.1) is 0 Å². The van der Waals surface area contributed by atoms with Crippen LogP contribution >= 0.6 is 0 Å². The molecule has 0 radical (unpaired) electrons. The van der Waals surface area contributed by atoms with Crippen molar-refractivity contribution < 1.29 is 14.3 Å². The van der Waals surface area contributed by atoms with E-state index in [-0.39, 0.29) is 0 Å². The molecule has 0 aliphatic rings. The van der Waals surface area contributed by atoms with E-state index in [0.29, 0.717) is 5.69 Å². The van der Waals surface area contributed by atoms with Crippen molar-refractivity contribution in [3.8, 4) is 0 Å². The SMILES string of the molecule is CC(OC(N)=O)c1ccc2cc(C=O)[nH]c2c1. The molecular weight excluding hydrogens is 220 g/mol. The first-order chi connectivity index (χ1) is 8.10. The van der Waals surface area contributed by atoms with Crippen LogP contribution in [0.5, 0.6) is 0 Å². The van der Waals surface area contributed by atoms with Crippen molar-refractivity contribution in [1.82, 2.24) is 4.98 Å². The van der Waals surface area contributed by atoms with E-state index in [4.69, 9.17) is 10.5 Å². The van der Waals surface area contributed by atoms with Gasteiger partial charge in [0, 0.05) is 10.9 Å². The summed E-state index contributed by atoms with van der Waals surface area (Å²) in [5.41, 5.74) is 7.11. The average Bonchev–Trinajstić information content (AvgIpc) is 2.69. The number of nitrogens with two attached hydrogens (primary N) is 1. The van der Waals surface area contributed by atoms with E-state index >= 15 is 0 Å². The van der Waals surface area contributed by atoms with Crippen molar-refractivity contribution in [2.45, 2.75) is 13.0 Å². The third kappa shape index (κ3) is 2.28. The van der Waals surface area contributed by atoms with Gasteiger partial charge < -0.3 is 15.5 Å². The molecule has 1 amide bonds. The van der Waals surface area contributed by atoms with Gasteiger partial charge in [0.15, 0.2) is 6.29 Å². The molecule has 0 bridgehead atoms. The van der Waals surface area contributed by atoms with Gasteiger partial charge in [0.1, 0.15) is 6.10 Å². The van der Waals surface area contributed by atoms with E-state index in [2.05, 4.69) is 4.98 Å². The van der Waals surface area contributed by atoms with E-state index in [9.17, 15) is 9.59 Å². The van der Waals surface area contributed by atoms with Gasteiger partial charge in [0.2, 0.25) is 0 Å². The highest BCUT2D eigenvalue weighted by atomic mass is 16.6. The fraction of sp³-hybridized carbons (Fsp3) is 0.167. The Hall–Kier alpha value is -2.30. The predicted molar refractivity (Wildman–Crippen MR) is 62.8 cm³/mol. The topological polar surface area (TPSA) is 85.2 Å². The van der Waals surface area contributed by atoms with Gasteiger partial charge in [0.25, 0.3) is 0 Å². The molecule has 5 heteroatoms. The lowest BCUT2D eigenvalue weighted by atomic mass is 10.1. The Morgan fingerprint density at radius 1 is 1.47 bits per heavy atom. The maximum atomic E-state index is 10.6. The number of rotatable bonds is 3. The summed E-state index contributed by atoms with van der Waals surface area (Å²) in [5.74, 6) is 0. The van der Waals surface area contributed by atoms with Gasteiger partial charge >= 0.3 is 6.09 Å². The number of carbonyl (C=O) groups is 2. The van der Waals surface area contributed by atoms with Crippen LogP contribution in [-0.4, -0.2) is 17.4 Å². The molecule has 2 rings (SSSR count). The van der Waals surface area contributed by atoms with Gasteiger partial charge in [-0.25, -0.2) is 4.79 Å². The molecule has 1 heterocycles. The van der Waals surface area contributed by atoms with E-state index in [1.165, 1.54) is 0 Å². The van der Waals surface area contributed by atoms with Crippen LogP contribution in [0.3, 0.4) is 0 Å². The number of hydrogen-bond donors (Lipinski definition) is 2. The van der Waals surface area contributed by atoms with Crippen LogP contribution in [0.25, 0.3) is 10.9 Å². The normalized spacial score (nSPS) is 12.3. The highest BCUT2D eigenvalue weighted by molar-refractivity contribution is 5.88. The highest BCUT2D eigenvalue weighted by Crippen LogP contribution is 2.22. The Bertz CT molecular complexity index is 574. The maximum Gasteiger partial charge on any atom is 0.405 e. The van der Waals surface area contributed by atoms with Crippen LogP contribution < -0.4 is 5.73 Å². The number of fused-ring (bicyclic) bond motifs is 1. The zero-order valence-electron chi connectivity index (χ0n) is 9.27. The molecular formula is C12H12N2O3. The molecule has 17 heavy (non-hydrogen) atoms. The third-order valence-electron chi connectivity index (χ3n) is 2.56. The Labute approximate surface area is 97.6 Å². The Balaban J connectivity index is 2.36. The summed E-state index contributed by atoms with van der Waals surface area (Å²) in [6, 6.07) is 7.27. The molecule has 0 fully saturated rings. The fourth-order valence-corrected chi connectivity index (χ4v) is 1.73. The Morgan fingerprint density at radius 2 is 2.24 bits per heavy atom. The van der Waals surface area contributed by atoms with Gasteiger partial charge in [0.05, 0.1) is 5.69 Å². The van der Waals surface area contributed by atoms with Crippen molar-refractivity contribution in [2.24, 2.45) is 5.73 Å². The first-order valence-corrected chi connectivity index (χ1v) is 5.14. The third-order valence-corrected chi connectivity index (χ3v) is 2.56. The second-order valence-corrected chi connectivity index (χ2v) is 3.77.